The molecule has 138 valence electrons. The Bertz CT molecular complexity index is 923. The van der Waals surface area contributed by atoms with E-state index in [9.17, 15) is 9.18 Å². The maximum Gasteiger partial charge on any atom is 0.264 e. The molecule has 1 fully saturated rings. The zero-order valence-electron chi connectivity index (χ0n) is 14.6. The number of halogens is 1. The van der Waals surface area contributed by atoms with Crippen LogP contribution in [0.15, 0.2) is 65.0 Å². The lowest BCUT2D eigenvalue weighted by molar-refractivity contribution is -0.115. The van der Waals surface area contributed by atoms with Crippen molar-refractivity contribution in [3.8, 4) is 11.5 Å². The van der Waals surface area contributed by atoms with E-state index in [1.54, 1.807) is 43.5 Å². The molecule has 1 amide bonds. The van der Waals surface area contributed by atoms with Gasteiger partial charge in [0.2, 0.25) is 0 Å². The number of thioether (sulfide) groups is 1. The van der Waals surface area contributed by atoms with E-state index in [0.717, 1.165) is 5.56 Å². The fourth-order valence-corrected chi connectivity index (χ4v) is 3.15. The van der Waals surface area contributed by atoms with Crippen LogP contribution in [0.4, 0.5) is 10.1 Å². The summed E-state index contributed by atoms with van der Waals surface area (Å²) in [5.41, 5.74) is 1.35. The van der Waals surface area contributed by atoms with Crippen molar-refractivity contribution in [2.24, 2.45) is 4.99 Å². The molecule has 5 nitrogen and oxygen atoms in total. The predicted molar refractivity (Wildman–Crippen MR) is 106 cm³/mol. The molecule has 0 saturated carbocycles. The minimum Gasteiger partial charge on any atom is -0.493 e. The van der Waals surface area contributed by atoms with E-state index in [1.165, 1.54) is 23.9 Å². The number of amidine groups is 1. The van der Waals surface area contributed by atoms with Gasteiger partial charge in [0.25, 0.3) is 5.91 Å². The standard InChI is InChI=1S/C20H17FN2O3S/c1-3-10-26-16-9-4-13(11-17(16)25-2)12-18-19(24)23-20(27-18)22-15-7-5-14(21)6-8-15/h3-9,11-12H,1,10H2,2H3,(H,22,23,24)/b18-12-. The van der Waals surface area contributed by atoms with Crippen molar-refractivity contribution in [2.75, 3.05) is 13.7 Å². The average Bonchev–Trinajstić information content (AvgIpc) is 3.01. The second-order valence-corrected chi connectivity index (χ2v) is 6.50. The van der Waals surface area contributed by atoms with Crippen LogP contribution in [0.2, 0.25) is 0 Å². The molecule has 1 aliphatic heterocycles. The molecule has 7 heteroatoms. The molecule has 0 aromatic heterocycles. The monoisotopic (exact) mass is 384 g/mol. The lowest BCUT2D eigenvalue weighted by atomic mass is 10.2. The largest absolute Gasteiger partial charge is 0.493 e. The predicted octanol–water partition coefficient (Wildman–Crippen LogP) is 4.29. The third kappa shape index (κ3) is 4.77. The van der Waals surface area contributed by atoms with Crippen molar-refractivity contribution in [3.05, 3.63) is 71.4 Å². The van der Waals surface area contributed by atoms with Gasteiger partial charge in [0.05, 0.1) is 17.7 Å². The molecule has 1 saturated heterocycles. The van der Waals surface area contributed by atoms with E-state index in [-0.39, 0.29) is 11.7 Å². The molecule has 1 N–H and O–H groups in total. The third-order valence-electron chi connectivity index (χ3n) is 3.55. The lowest BCUT2D eigenvalue weighted by Gasteiger charge is -2.09. The number of amides is 1. The van der Waals surface area contributed by atoms with Gasteiger partial charge in [-0.15, -0.1) is 0 Å². The van der Waals surface area contributed by atoms with Crippen molar-refractivity contribution in [2.45, 2.75) is 0 Å². The molecular formula is C20H17FN2O3S. The molecule has 2 aromatic carbocycles. The first-order valence-corrected chi connectivity index (χ1v) is 8.87. The van der Waals surface area contributed by atoms with Gasteiger partial charge in [-0.05, 0) is 59.8 Å². The van der Waals surface area contributed by atoms with Gasteiger partial charge in [-0.2, -0.15) is 0 Å². The number of methoxy groups -OCH3 is 1. The Kier molecular flexibility index (Phi) is 5.93. The van der Waals surface area contributed by atoms with E-state index in [1.807, 2.05) is 6.07 Å². The molecule has 0 unspecified atom stereocenters. The summed E-state index contributed by atoms with van der Waals surface area (Å²) in [6.45, 7) is 3.99. The summed E-state index contributed by atoms with van der Waals surface area (Å²) in [5.74, 6) is 0.584. The second-order valence-electron chi connectivity index (χ2n) is 5.47. The van der Waals surface area contributed by atoms with E-state index >= 15 is 0 Å². The van der Waals surface area contributed by atoms with Crippen molar-refractivity contribution in [1.29, 1.82) is 0 Å². The highest BCUT2D eigenvalue weighted by atomic mass is 32.2. The summed E-state index contributed by atoms with van der Waals surface area (Å²) in [6.07, 6.45) is 3.39. The Balaban J connectivity index is 1.79. The third-order valence-corrected chi connectivity index (χ3v) is 4.46. The summed E-state index contributed by atoms with van der Waals surface area (Å²) >= 11 is 1.22. The lowest BCUT2D eigenvalue weighted by Crippen LogP contribution is -2.19. The molecule has 3 rings (SSSR count). The normalized spacial score (nSPS) is 16.4. The van der Waals surface area contributed by atoms with Crippen molar-refractivity contribution in [3.63, 3.8) is 0 Å². The van der Waals surface area contributed by atoms with E-state index in [0.29, 0.717) is 33.9 Å². The van der Waals surface area contributed by atoms with Crippen LogP contribution in [0.25, 0.3) is 6.08 Å². The van der Waals surface area contributed by atoms with Gasteiger partial charge >= 0.3 is 0 Å². The number of nitrogens with zero attached hydrogens (tertiary/aromatic N) is 1. The molecule has 0 bridgehead atoms. The molecule has 0 spiro atoms. The first kappa shape index (κ1) is 18.7. The maximum atomic E-state index is 13.0. The highest BCUT2D eigenvalue weighted by Gasteiger charge is 2.24. The minimum absolute atomic E-state index is 0.244. The zero-order valence-corrected chi connectivity index (χ0v) is 15.4. The Morgan fingerprint density at radius 3 is 2.70 bits per heavy atom. The number of benzene rings is 2. The number of hydrogen-bond donors (Lipinski definition) is 1. The molecule has 0 aliphatic carbocycles. The Morgan fingerprint density at radius 1 is 1.22 bits per heavy atom. The van der Waals surface area contributed by atoms with E-state index in [4.69, 9.17) is 9.47 Å². The van der Waals surface area contributed by atoms with Crippen LogP contribution in [-0.2, 0) is 4.79 Å². The number of hydrogen-bond acceptors (Lipinski definition) is 5. The number of ether oxygens (including phenoxy) is 2. The summed E-state index contributed by atoms with van der Waals surface area (Å²) in [7, 11) is 1.55. The van der Waals surface area contributed by atoms with Gasteiger partial charge in [-0.3, -0.25) is 4.79 Å². The van der Waals surface area contributed by atoms with Gasteiger partial charge in [0.1, 0.15) is 12.4 Å². The zero-order chi connectivity index (χ0) is 19.2. The van der Waals surface area contributed by atoms with Crippen LogP contribution in [-0.4, -0.2) is 24.8 Å². The summed E-state index contributed by atoms with van der Waals surface area (Å²) < 4.78 is 23.8. The van der Waals surface area contributed by atoms with Crippen LogP contribution < -0.4 is 14.8 Å². The summed E-state index contributed by atoms with van der Waals surface area (Å²) in [4.78, 5) is 17.0. The van der Waals surface area contributed by atoms with Crippen LogP contribution in [0, 0.1) is 5.82 Å². The van der Waals surface area contributed by atoms with E-state index < -0.39 is 0 Å². The maximum absolute atomic E-state index is 13.0. The molecule has 2 aromatic rings. The van der Waals surface area contributed by atoms with Gasteiger partial charge in [-0.1, -0.05) is 18.7 Å². The highest BCUT2D eigenvalue weighted by Crippen LogP contribution is 2.32. The van der Waals surface area contributed by atoms with Crippen LogP contribution in [0.5, 0.6) is 11.5 Å². The molecular weight excluding hydrogens is 367 g/mol. The smallest absolute Gasteiger partial charge is 0.264 e. The highest BCUT2D eigenvalue weighted by molar-refractivity contribution is 8.18. The molecule has 1 heterocycles. The number of rotatable bonds is 6. The molecule has 1 aliphatic rings. The fourth-order valence-electron chi connectivity index (χ4n) is 2.31. The van der Waals surface area contributed by atoms with Gasteiger partial charge < -0.3 is 14.8 Å². The Hall–Kier alpha value is -3.06. The molecule has 0 atom stereocenters. The van der Waals surface area contributed by atoms with Gasteiger partial charge in [-0.25, -0.2) is 9.38 Å². The summed E-state index contributed by atoms with van der Waals surface area (Å²) in [5, 5.41) is 3.14. The van der Waals surface area contributed by atoms with Crippen molar-refractivity contribution < 1.29 is 18.7 Å². The molecule has 27 heavy (non-hydrogen) atoms. The molecule has 0 radical (unpaired) electrons. The second kappa shape index (κ2) is 8.55. The number of aliphatic imine (C=N–C) groups is 1. The number of nitrogens with one attached hydrogen (secondary N) is 1. The van der Waals surface area contributed by atoms with Crippen LogP contribution in [0.3, 0.4) is 0 Å². The van der Waals surface area contributed by atoms with Crippen molar-refractivity contribution in [1.82, 2.24) is 5.32 Å². The number of carbonyl (C=O) groups excluding carboxylic acids is 1. The average molecular weight is 384 g/mol. The fraction of sp³-hybridized carbons (Fsp3) is 0.100. The minimum atomic E-state index is -0.336. The van der Waals surface area contributed by atoms with Crippen molar-refractivity contribution >= 4 is 34.6 Å². The first-order chi connectivity index (χ1) is 13.1. The Morgan fingerprint density at radius 2 is 2.00 bits per heavy atom. The SMILES string of the molecule is C=CCOc1ccc(/C=C2\SC(=Nc3ccc(F)cc3)NC2=O)cc1OC. The van der Waals surface area contributed by atoms with Gasteiger partial charge in [0.15, 0.2) is 16.7 Å². The Labute approximate surface area is 160 Å². The van der Waals surface area contributed by atoms with E-state index in [2.05, 4.69) is 16.9 Å². The quantitative estimate of drug-likeness (QED) is 0.596. The number of carbonyl (C=O) groups is 1. The summed E-state index contributed by atoms with van der Waals surface area (Å²) in [6, 6.07) is 11.1. The first-order valence-electron chi connectivity index (χ1n) is 8.06. The van der Waals surface area contributed by atoms with Crippen LogP contribution in [0.1, 0.15) is 5.56 Å². The van der Waals surface area contributed by atoms with Crippen LogP contribution >= 0.6 is 11.8 Å². The topological polar surface area (TPSA) is 59.9 Å². The van der Waals surface area contributed by atoms with Gasteiger partial charge in [0, 0.05) is 0 Å².